The lowest BCUT2D eigenvalue weighted by Gasteiger charge is -2.19. The molecule has 2 aliphatic rings. The number of aryl methyl sites for hydroxylation is 2. The number of rotatable bonds is 5. The lowest BCUT2D eigenvalue weighted by Crippen LogP contribution is -2.39. The van der Waals surface area contributed by atoms with Crippen LogP contribution < -0.4 is 5.32 Å². The third-order valence-electron chi connectivity index (χ3n) is 5.65. The molecule has 9 nitrogen and oxygen atoms in total. The number of imide groups is 1. The number of anilines is 1. The number of hydrogen-bond donors (Lipinski definition) is 1. The summed E-state index contributed by atoms with van der Waals surface area (Å²) in [5.74, 6) is -2.50. The van der Waals surface area contributed by atoms with Gasteiger partial charge in [-0.25, -0.2) is 0 Å². The number of likely N-dealkylation sites (tertiary alicyclic amines) is 1. The van der Waals surface area contributed by atoms with Gasteiger partial charge in [0.25, 0.3) is 5.91 Å². The predicted octanol–water partition coefficient (Wildman–Crippen LogP) is 1.08. The summed E-state index contributed by atoms with van der Waals surface area (Å²) in [6, 6.07) is 0. The fourth-order valence-corrected chi connectivity index (χ4v) is 3.98. The van der Waals surface area contributed by atoms with E-state index in [0.29, 0.717) is 24.2 Å². The van der Waals surface area contributed by atoms with Crippen molar-refractivity contribution in [2.45, 2.75) is 52.6 Å². The van der Waals surface area contributed by atoms with Gasteiger partial charge in [-0.1, -0.05) is 12.8 Å². The van der Waals surface area contributed by atoms with E-state index in [1.165, 1.54) is 6.92 Å². The number of nitrogens with zero attached hydrogens (tertiary/aromatic N) is 3. The molecule has 0 radical (unpaired) electrons. The first-order valence-electron chi connectivity index (χ1n) is 9.56. The lowest BCUT2D eigenvalue weighted by molar-refractivity contribution is -0.158. The second-order valence-corrected chi connectivity index (χ2v) is 7.55. The van der Waals surface area contributed by atoms with Crippen LogP contribution in [0.5, 0.6) is 0 Å². The highest BCUT2D eigenvalue weighted by molar-refractivity contribution is 6.07. The zero-order chi connectivity index (χ0) is 20.6. The number of fused-ring (bicyclic) bond motifs is 1. The zero-order valence-electron chi connectivity index (χ0n) is 16.7. The molecular formula is C19H26N4O5. The standard InChI is InChI=1S/C19H26N4O5/c1-10-16(11(2)22(4)21-10)20-17(25)12(3)28-15(24)9-23-18(26)13-7-5-6-8-14(13)19(23)27/h12-14H,5-9H2,1-4H3,(H,20,25)/t12-,13-,14+/m0/s1. The lowest BCUT2D eigenvalue weighted by atomic mass is 9.81. The van der Waals surface area contributed by atoms with Crippen LogP contribution >= 0.6 is 0 Å². The van der Waals surface area contributed by atoms with E-state index in [0.717, 1.165) is 23.4 Å². The average molecular weight is 390 g/mol. The number of carbonyl (C=O) groups excluding carboxylic acids is 4. The molecule has 1 saturated carbocycles. The van der Waals surface area contributed by atoms with Crippen LogP contribution in [-0.4, -0.2) is 51.0 Å². The van der Waals surface area contributed by atoms with Gasteiger partial charge in [-0.3, -0.25) is 28.8 Å². The Bertz CT molecular complexity index is 807. The van der Waals surface area contributed by atoms with Gasteiger partial charge in [-0.2, -0.15) is 5.10 Å². The van der Waals surface area contributed by atoms with Crippen molar-refractivity contribution in [2.75, 3.05) is 11.9 Å². The first-order chi connectivity index (χ1) is 13.2. The minimum atomic E-state index is -1.07. The van der Waals surface area contributed by atoms with E-state index in [4.69, 9.17) is 4.74 Å². The molecule has 1 aromatic rings. The van der Waals surface area contributed by atoms with Crippen molar-refractivity contribution < 1.29 is 23.9 Å². The van der Waals surface area contributed by atoms with Crippen LogP contribution in [0.1, 0.15) is 44.0 Å². The van der Waals surface area contributed by atoms with Crippen molar-refractivity contribution in [2.24, 2.45) is 18.9 Å². The number of hydrogen-bond acceptors (Lipinski definition) is 6. The monoisotopic (exact) mass is 390 g/mol. The van der Waals surface area contributed by atoms with Gasteiger partial charge in [0, 0.05) is 7.05 Å². The van der Waals surface area contributed by atoms with Gasteiger partial charge in [-0.05, 0) is 33.6 Å². The van der Waals surface area contributed by atoms with Crippen LogP contribution in [0.2, 0.25) is 0 Å². The van der Waals surface area contributed by atoms with Crippen molar-refractivity contribution in [1.29, 1.82) is 0 Å². The second kappa shape index (κ2) is 7.73. The molecule has 152 valence electrons. The summed E-state index contributed by atoms with van der Waals surface area (Å²) < 4.78 is 6.80. The maximum Gasteiger partial charge on any atom is 0.326 e. The van der Waals surface area contributed by atoms with Crippen LogP contribution in [0.15, 0.2) is 0 Å². The Hall–Kier alpha value is -2.71. The summed E-state index contributed by atoms with van der Waals surface area (Å²) in [6.07, 6.45) is 2.14. The molecule has 1 N–H and O–H groups in total. The molecular weight excluding hydrogens is 364 g/mol. The Balaban J connectivity index is 1.57. The quantitative estimate of drug-likeness (QED) is 0.595. The average Bonchev–Trinajstić information content (AvgIpc) is 3.04. The van der Waals surface area contributed by atoms with Crippen molar-refractivity contribution in [3.8, 4) is 0 Å². The van der Waals surface area contributed by atoms with E-state index >= 15 is 0 Å². The number of esters is 1. The van der Waals surface area contributed by atoms with Crippen molar-refractivity contribution in [3.05, 3.63) is 11.4 Å². The van der Waals surface area contributed by atoms with Gasteiger partial charge in [0.15, 0.2) is 6.10 Å². The van der Waals surface area contributed by atoms with Crippen LogP contribution in [0.3, 0.4) is 0 Å². The SMILES string of the molecule is Cc1nn(C)c(C)c1NC(=O)[C@H](C)OC(=O)CN1C(=O)[C@H]2CCCC[C@H]2C1=O. The van der Waals surface area contributed by atoms with Crippen molar-refractivity contribution >= 4 is 29.4 Å². The van der Waals surface area contributed by atoms with Crippen LogP contribution in [-0.2, 0) is 31.0 Å². The highest BCUT2D eigenvalue weighted by Gasteiger charge is 2.48. The smallest absolute Gasteiger partial charge is 0.326 e. The summed E-state index contributed by atoms with van der Waals surface area (Å²) in [5, 5.41) is 6.93. The minimum absolute atomic E-state index is 0.301. The van der Waals surface area contributed by atoms with Crippen LogP contribution in [0, 0.1) is 25.7 Å². The summed E-state index contributed by atoms with van der Waals surface area (Å²) >= 11 is 0. The fourth-order valence-electron chi connectivity index (χ4n) is 3.98. The number of nitrogens with one attached hydrogen (secondary N) is 1. The molecule has 0 aromatic carbocycles. The van der Waals surface area contributed by atoms with Gasteiger partial charge in [0.05, 0.1) is 28.9 Å². The van der Waals surface area contributed by atoms with E-state index in [-0.39, 0.29) is 23.7 Å². The van der Waals surface area contributed by atoms with Crippen molar-refractivity contribution in [1.82, 2.24) is 14.7 Å². The van der Waals surface area contributed by atoms with E-state index in [9.17, 15) is 19.2 Å². The molecule has 0 spiro atoms. The van der Waals surface area contributed by atoms with Gasteiger partial charge in [0.1, 0.15) is 6.54 Å². The van der Waals surface area contributed by atoms with Gasteiger partial charge >= 0.3 is 5.97 Å². The number of aromatic nitrogens is 2. The minimum Gasteiger partial charge on any atom is -0.451 e. The maximum atomic E-state index is 12.4. The Labute approximate surface area is 163 Å². The fraction of sp³-hybridized carbons (Fsp3) is 0.632. The Morgan fingerprint density at radius 1 is 1.18 bits per heavy atom. The van der Waals surface area contributed by atoms with Gasteiger partial charge < -0.3 is 10.1 Å². The Kier molecular flexibility index (Phi) is 5.53. The molecule has 0 bridgehead atoms. The molecule has 3 rings (SSSR count). The molecule has 28 heavy (non-hydrogen) atoms. The Morgan fingerprint density at radius 2 is 1.75 bits per heavy atom. The number of ether oxygens (including phenoxy) is 1. The number of amides is 3. The van der Waals surface area contributed by atoms with E-state index < -0.39 is 24.5 Å². The molecule has 3 amide bonds. The van der Waals surface area contributed by atoms with Crippen molar-refractivity contribution in [3.63, 3.8) is 0 Å². The molecule has 1 aliphatic carbocycles. The van der Waals surface area contributed by atoms with Crippen LogP contribution in [0.25, 0.3) is 0 Å². The third-order valence-corrected chi connectivity index (χ3v) is 5.65. The first-order valence-corrected chi connectivity index (χ1v) is 9.56. The summed E-state index contributed by atoms with van der Waals surface area (Å²) in [6.45, 7) is 4.58. The topological polar surface area (TPSA) is 111 Å². The third kappa shape index (κ3) is 3.65. The molecule has 1 aliphatic heterocycles. The highest BCUT2D eigenvalue weighted by Crippen LogP contribution is 2.37. The molecule has 2 fully saturated rings. The number of carbonyl (C=O) groups is 4. The summed E-state index contributed by atoms with van der Waals surface area (Å²) in [7, 11) is 1.77. The molecule has 0 unspecified atom stereocenters. The van der Waals surface area contributed by atoms with E-state index in [2.05, 4.69) is 10.4 Å². The summed E-state index contributed by atoms with van der Waals surface area (Å²) in [4.78, 5) is 50.5. The zero-order valence-corrected chi connectivity index (χ0v) is 16.7. The maximum absolute atomic E-state index is 12.4. The van der Waals surface area contributed by atoms with Crippen LogP contribution in [0.4, 0.5) is 5.69 Å². The largest absolute Gasteiger partial charge is 0.451 e. The molecule has 2 heterocycles. The molecule has 3 atom stereocenters. The summed E-state index contributed by atoms with van der Waals surface area (Å²) in [5.41, 5.74) is 2.01. The predicted molar refractivity (Wildman–Crippen MR) is 99.0 cm³/mol. The van der Waals surface area contributed by atoms with Gasteiger partial charge in [0.2, 0.25) is 11.8 Å². The molecule has 9 heteroatoms. The normalized spacial score (nSPS) is 22.8. The Morgan fingerprint density at radius 3 is 2.25 bits per heavy atom. The van der Waals surface area contributed by atoms with E-state index in [1.807, 2.05) is 6.92 Å². The van der Waals surface area contributed by atoms with Gasteiger partial charge in [-0.15, -0.1) is 0 Å². The van der Waals surface area contributed by atoms with E-state index in [1.54, 1.807) is 18.7 Å². The first kappa shape index (κ1) is 20.0. The highest BCUT2D eigenvalue weighted by atomic mass is 16.5. The molecule has 1 aromatic heterocycles. The molecule has 1 saturated heterocycles. The second-order valence-electron chi connectivity index (χ2n) is 7.55.